The van der Waals surface area contributed by atoms with Gasteiger partial charge in [-0.1, -0.05) is 12.1 Å². The van der Waals surface area contributed by atoms with E-state index in [0.29, 0.717) is 11.1 Å². The summed E-state index contributed by atoms with van der Waals surface area (Å²) in [4.78, 5) is 26.5. The Morgan fingerprint density at radius 1 is 1.25 bits per heavy atom. The second kappa shape index (κ2) is 8.15. The van der Waals surface area contributed by atoms with Gasteiger partial charge in [-0.25, -0.2) is 4.98 Å². The van der Waals surface area contributed by atoms with Gasteiger partial charge in [0, 0.05) is 6.07 Å². The smallest absolute Gasteiger partial charge is 0.349 e. The van der Waals surface area contributed by atoms with E-state index in [1.165, 1.54) is 11.3 Å². The van der Waals surface area contributed by atoms with Crippen LogP contribution in [0.5, 0.6) is 0 Å². The minimum Gasteiger partial charge on any atom is -0.349 e. The van der Waals surface area contributed by atoms with Crippen molar-refractivity contribution < 1.29 is 22.9 Å². The largest absolute Gasteiger partial charge is 0.416 e. The van der Waals surface area contributed by atoms with Crippen molar-refractivity contribution in [1.82, 2.24) is 10.3 Å². The number of thioether (sulfide) groups is 1. The first-order valence-corrected chi connectivity index (χ1v) is 9.64. The maximum Gasteiger partial charge on any atom is 0.416 e. The summed E-state index contributed by atoms with van der Waals surface area (Å²) < 4.78 is 39.1. The lowest BCUT2D eigenvalue weighted by Gasteiger charge is -2.08. The van der Waals surface area contributed by atoms with E-state index in [2.05, 4.69) is 10.3 Å². The highest BCUT2D eigenvalue weighted by atomic mass is 32.2. The maximum absolute atomic E-state index is 12.7. The summed E-state index contributed by atoms with van der Waals surface area (Å²) in [6.07, 6.45) is -4.68. The van der Waals surface area contributed by atoms with Crippen LogP contribution in [0.2, 0.25) is 0 Å². The number of para-hydroxylation sites is 1. The molecule has 0 aliphatic heterocycles. The van der Waals surface area contributed by atoms with Crippen molar-refractivity contribution in [3.05, 3.63) is 63.1 Å². The summed E-state index contributed by atoms with van der Waals surface area (Å²) in [6, 6.07) is 9.76. The number of nitro groups is 1. The number of fused-ring (bicyclic) bond motifs is 1. The highest BCUT2D eigenvalue weighted by Gasteiger charge is 2.33. The quantitative estimate of drug-likeness (QED) is 0.352. The standard InChI is InChI=1S/C17H12F3N3O3S2/c18-17(19,20)10-5-6-14(12(7-10)23(25)26)27-9-15(24)21-8-16-22-11-3-1-2-4-13(11)28-16/h1-7H,8-9H2,(H,21,24). The van der Waals surface area contributed by atoms with E-state index >= 15 is 0 Å². The monoisotopic (exact) mass is 427 g/mol. The molecule has 1 amide bonds. The van der Waals surface area contributed by atoms with Gasteiger partial charge in [0.15, 0.2) is 0 Å². The summed E-state index contributed by atoms with van der Waals surface area (Å²) in [5.74, 6) is -0.574. The summed E-state index contributed by atoms with van der Waals surface area (Å²) in [7, 11) is 0. The normalized spacial score (nSPS) is 11.5. The fourth-order valence-corrected chi connectivity index (χ4v) is 4.06. The number of benzene rings is 2. The van der Waals surface area contributed by atoms with Gasteiger partial charge in [0.25, 0.3) is 5.69 Å². The minimum atomic E-state index is -4.68. The van der Waals surface area contributed by atoms with Crippen molar-refractivity contribution in [2.45, 2.75) is 17.6 Å². The summed E-state index contributed by atoms with van der Waals surface area (Å²) in [5.41, 5.74) is -0.964. The van der Waals surface area contributed by atoms with Crippen LogP contribution in [0.1, 0.15) is 10.6 Å². The molecule has 146 valence electrons. The Labute approximate surface area is 164 Å². The first-order chi connectivity index (χ1) is 13.2. The van der Waals surface area contributed by atoms with Crippen molar-refractivity contribution in [2.75, 3.05) is 5.75 Å². The minimum absolute atomic E-state index is 0.00635. The van der Waals surface area contributed by atoms with Crippen LogP contribution >= 0.6 is 23.1 Å². The van der Waals surface area contributed by atoms with Crippen LogP contribution in [-0.4, -0.2) is 21.6 Å². The van der Waals surface area contributed by atoms with Crippen LogP contribution in [-0.2, 0) is 17.5 Å². The van der Waals surface area contributed by atoms with E-state index in [1.807, 2.05) is 24.3 Å². The number of thiazole rings is 1. The van der Waals surface area contributed by atoms with Gasteiger partial charge in [0.2, 0.25) is 5.91 Å². The van der Waals surface area contributed by atoms with Crippen molar-refractivity contribution >= 4 is 44.9 Å². The molecule has 11 heteroatoms. The number of nitro benzene ring substituents is 1. The van der Waals surface area contributed by atoms with Crippen molar-refractivity contribution in [3.63, 3.8) is 0 Å². The summed E-state index contributed by atoms with van der Waals surface area (Å²) >= 11 is 2.24. The van der Waals surface area contributed by atoms with Gasteiger partial charge in [-0.3, -0.25) is 14.9 Å². The zero-order valence-electron chi connectivity index (χ0n) is 14.0. The molecule has 0 aliphatic carbocycles. The van der Waals surface area contributed by atoms with E-state index in [1.54, 1.807) is 0 Å². The third-order valence-electron chi connectivity index (χ3n) is 3.62. The first kappa shape index (κ1) is 20.1. The molecule has 3 aromatic rings. The Morgan fingerprint density at radius 2 is 2.00 bits per heavy atom. The number of amides is 1. The Morgan fingerprint density at radius 3 is 2.68 bits per heavy atom. The van der Waals surface area contributed by atoms with Crippen LogP contribution in [0.15, 0.2) is 47.4 Å². The average molecular weight is 427 g/mol. The lowest BCUT2D eigenvalue weighted by atomic mass is 10.2. The molecule has 0 saturated heterocycles. The van der Waals surface area contributed by atoms with E-state index in [-0.39, 0.29) is 17.2 Å². The Hall–Kier alpha value is -2.66. The number of aromatic nitrogens is 1. The fraction of sp³-hybridized carbons (Fsp3) is 0.176. The molecule has 1 N–H and O–H groups in total. The molecule has 0 spiro atoms. The molecular weight excluding hydrogens is 415 g/mol. The number of halogens is 3. The van der Waals surface area contributed by atoms with Gasteiger partial charge in [0.05, 0.1) is 37.9 Å². The fourth-order valence-electron chi connectivity index (χ4n) is 2.32. The molecule has 0 unspecified atom stereocenters. The zero-order valence-corrected chi connectivity index (χ0v) is 15.7. The van der Waals surface area contributed by atoms with Crippen molar-refractivity contribution in [3.8, 4) is 0 Å². The van der Waals surface area contributed by atoms with Gasteiger partial charge in [-0.2, -0.15) is 13.2 Å². The van der Waals surface area contributed by atoms with Crippen molar-refractivity contribution in [2.24, 2.45) is 0 Å². The first-order valence-electron chi connectivity index (χ1n) is 7.83. The molecule has 3 rings (SSSR count). The number of hydrogen-bond donors (Lipinski definition) is 1. The molecule has 1 heterocycles. The summed E-state index contributed by atoms with van der Waals surface area (Å²) in [6.45, 7) is 0.202. The zero-order chi connectivity index (χ0) is 20.3. The molecule has 6 nitrogen and oxygen atoms in total. The number of carbonyl (C=O) groups is 1. The molecule has 1 aromatic heterocycles. The predicted octanol–water partition coefficient (Wildman–Crippen LogP) is 4.63. The van der Waals surface area contributed by atoms with Gasteiger partial charge >= 0.3 is 6.18 Å². The van der Waals surface area contributed by atoms with Crippen LogP contribution in [0.4, 0.5) is 18.9 Å². The number of nitrogens with zero attached hydrogens (tertiary/aromatic N) is 2. The second-order valence-electron chi connectivity index (χ2n) is 5.58. The summed E-state index contributed by atoms with van der Waals surface area (Å²) in [5, 5.41) is 14.4. The van der Waals surface area contributed by atoms with Gasteiger partial charge in [-0.15, -0.1) is 23.1 Å². The number of rotatable bonds is 6. The Balaban J connectivity index is 1.61. The number of hydrogen-bond acceptors (Lipinski definition) is 6. The molecule has 0 fully saturated rings. The molecule has 28 heavy (non-hydrogen) atoms. The molecule has 0 aliphatic rings. The van der Waals surface area contributed by atoms with Gasteiger partial charge < -0.3 is 5.32 Å². The van der Waals surface area contributed by atoms with Crippen molar-refractivity contribution in [1.29, 1.82) is 0 Å². The van der Waals surface area contributed by atoms with E-state index < -0.39 is 28.3 Å². The molecule has 0 bridgehead atoms. The van der Waals surface area contributed by atoms with Crippen LogP contribution in [0.3, 0.4) is 0 Å². The maximum atomic E-state index is 12.7. The predicted molar refractivity (Wildman–Crippen MR) is 100 cm³/mol. The lowest BCUT2D eigenvalue weighted by molar-refractivity contribution is -0.388. The molecule has 0 saturated carbocycles. The third kappa shape index (κ3) is 4.78. The van der Waals surface area contributed by atoms with E-state index in [9.17, 15) is 28.1 Å². The van der Waals surface area contributed by atoms with Gasteiger partial charge in [-0.05, 0) is 24.3 Å². The molecule has 0 atom stereocenters. The Bertz CT molecular complexity index is 1000. The lowest BCUT2D eigenvalue weighted by Crippen LogP contribution is -2.24. The molecular formula is C17H12F3N3O3S2. The van der Waals surface area contributed by atoms with Crippen LogP contribution in [0, 0.1) is 10.1 Å². The number of nitrogens with one attached hydrogen (secondary N) is 1. The van der Waals surface area contributed by atoms with E-state index in [4.69, 9.17) is 0 Å². The molecule has 2 aromatic carbocycles. The highest BCUT2D eigenvalue weighted by molar-refractivity contribution is 8.00. The number of alkyl halides is 3. The van der Waals surface area contributed by atoms with Crippen LogP contribution < -0.4 is 5.32 Å². The van der Waals surface area contributed by atoms with Gasteiger partial charge in [0.1, 0.15) is 5.01 Å². The SMILES string of the molecule is O=C(CSc1ccc(C(F)(F)F)cc1[N+](=O)[O-])NCc1nc2ccccc2s1. The molecule has 0 radical (unpaired) electrons. The highest BCUT2D eigenvalue weighted by Crippen LogP contribution is 2.36. The Kier molecular flexibility index (Phi) is 5.84. The second-order valence-corrected chi connectivity index (χ2v) is 7.71. The van der Waals surface area contributed by atoms with Crippen LogP contribution in [0.25, 0.3) is 10.2 Å². The average Bonchev–Trinajstić information content (AvgIpc) is 3.06. The number of carbonyl (C=O) groups excluding carboxylic acids is 1. The third-order valence-corrected chi connectivity index (χ3v) is 5.72. The van der Waals surface area contributed by atoms with E-state index in [0.717, 1.165) is 34.1 Å². The topological polar surface area (TPSA) is 85.1 Å².